The van der Waals surface area contributed by atoms with Gasteiger partial charge in [0.15, 0.2) is 0 Å². The molecule has 0 saturated carbocycles. The number of nitrogens with two attached hydrogens (primary N) is 1. The second-order valence-electron chi connectivity index (χ2n) is 2.01. The molecule has 0 spiro atoms. The lowest BCUT2D eigenvalue weighted by Gasteiger charge is -2.09. The van der Waals surface area contributed by atoms with Gasteiger partial charge in [-0.1, -0.05) is 0 Å². The normalized spacial score (nSPS) is 10.7. The van der Waals surface area contributed by atoms with E-state index < -0.39 is 0 Å². The Kier molecular flexibility index (Phi) is 7.27. The monoisotopic (exact) mass is 165 g/mol. The predicted molar refractivity (Wildman–Crippen MR) is 49.3 cm³/mol. The minimum absolute atomic E-state index is 0.718. The van der Waals surface area contributed by atoms with Gasteiger partial charge in [-0.25, -0.2) is 0 Å². The largest absolute Gasteiger partial charge is 0.330 e. The highest BCUT2D eigenvalue weighted by Gasteiger charge is 2.02. The minimum Gasteiger partial charge on any atom is -0.330 e. The number of hydrogen-bond donors (Lipinski definition) is 1. The van der Waals surface area contributed by atoms with Crippen LogP contribution in [0.3, 0.4) is 0 Å². The van der Waals surface area contributed by atoms with Crippen LogP contribution in [0, 0.1) is 5.92 Å². The molecule has 56 valence electrons. The van der Waals surface area contributed by atoms with Crippen molar-refractivity contribution in [2.24, 2.45) is 11.7 Å². The summed E-state index contributed by atoms with van der Waals surface area (Å²) >= 11 is 3.76. The van der Waals surface area contributed by atoms with Crippen LogP contribution in [0.15, 0.2) is 0 Å². The molecule has 0 saturated heterocycles. The van der Waals surface area contributed by atoms with Crippen molar-refractivity contribution < 1.29 is 0 Å². The summed E-state index contributed by atoms with van der Waals surface area (Å²) in [6.45, 7) is 0.835. The Bertz CT molecular complexity index is 53.0. The molecule has 0 aliphatic heterocycles. The van der Waals surface area contributed by atoms with Gasteiger partial charge in [-0.2, -0.15) is 23.5 Å². The summed E-state index contributed by atoms with van der Waals surface area (Å²) in [5.41, 5.74) is 5.52. The van der Waals surface area contributed by atoms with Crippen LogP contribution in [0.1, 0.15) is 0 Å². The summed E-state index contributed by atoms with van der Waals surface area (Å²) in [6, 6.07) is 0. The average Bonchev–Trinajstić information content (AvgIpc) is 1.88. The molecular formula is C6H15NS2. The molecule has 0 unspecified atom stereocenters. The maximum atomic E-state index is 5.52. The molecule has 0 heterocycles. The molecule has 1 nitrogen and oxygen atoms in total. The lowest BCUT2D eigenvalue weighted by atomic mass is 10.2. The smallest absolute Gasteiger partial charge is 0.00220 e. The van der Waals surface area contributed by atoms with Gasteiger partial charge in [0.1, 0.15) is 0 Å². The Morgan fingerprint density at radius 2 is 1.67 bits per heavy atom. The van der Waals surface area contributed by atoms with Crippen molar-refractivity contribution >= 4 is 23.5 Å². The van der Waals surface area contributed by atoms with E-state index >= 15 is 0 Å². The van der Waals surface area contributed by atoms with E-state index in [1.54, 1.807) is 0 Å². The second kappa shape index (κ2) is 6.78. The van der Waals surface area contributed by atoms with E-state index in [1.165, 1.54) is 11.5 Å². The van der Waals surface area contributed by atoms with Gasteiger partial charge in [0.05, 0.1) is 0 Å². The van der Waals surface area contributed by atoms with Gasteiger partial charge >= 0.3 is 0 Å². The first-order valence-corrected chi connectivity index (χ1v) is 5.81. The van der Waals surface area contributed by atoms with Crippen LogP contribution in [0.4, 0.5) is 0 Å². The highest BCUT2D eigenvalue weighted by Crippen LogP contribution is 2.08. The third-order valence-electron chi connectivity index (χ3n) is 1.14. The summed E-state index contributed by atoms with van der Waals surface area (Å²) in [4.78, 5) is 0. The van der Waals surface area contributed by atoms with Gasteiger partial charge < -0.3 is 5.73 Å². The Morgan fingerprint density at radius 1 is 1.22 bits per heavy atom. The minimum atomic E-state index is 0.718. The molecule has 0 amide bonds. The van der Waals surface area contributed by atoms with Crippen LogP contribution in [-0.2, 0) is 0 Å². The van der Waals surface area contributed by atoms with E-state index in [2.05, 4.69) is 12.5 Å². The van der Waals surface area contributed by atoms with Crippen LogP contribution in [0.25, 0.3) is 0 Å². The van der Waals surface area contributed by atoms with Crippen molar-refractivity contribution in [1.29, 1.82) is 0 Å². The Hall–Kier alpha value is 0.660. The SMILES string of the molecule is CSCC(CN)CSC. The first kappa shape index (κ1) is 9.66. The maximum Gasteiger partial charge on any atom is -0.00220 e. The van der Waals surface area contributed by atoms with E-state index in [4.69, 9.17) is 5.73 Å². The summed E-state index contributed by atoms with van der Waals surface area (Å²) in [6.07, 6.45) is 4.26. The van der Waals surface area contributed by atoms with Crippen molar-refractivity contribution in [3.63, 3.8) is 0 Å². The number of thioether (sulfide) groups is 2. The van der Waals surface area contributed by atoms with Crippen LogP contribution in [-0.4, -0.2) is 30.6 Å². The lowest BCUT2D eigenvalue weighted by Crippen LogP contribution is -2.18. The fourth-order valence-electron chi connectivity index (χ4n) is 0.656. The Labute approximate surface area is 66.2 Å². The van der Waals surface area contributed by atoms with Crippen molar-refractivity contribution in [3.05, 3.63) is 0 Å². The fraction of sp³-hybridized carbons (Fsp3) is 1.00. The second-order valence-corrected chi connectivity index (χ2v) is 3.83. The topological polar surface area (TPSA) is 26.0 Å². The van der Waals surface area contributed by atoms with Crippen molar-refractivity contribution in [2.45, 2.75) is 0 Å². The molecule has 2 N–H and O–H groups in total. The molecule has 0 fully saturated rings. The molecule has 0 radical (unpaired) electrons. The van der Waals surface area contributed by atoms with Crippen LogP contribution >= 0.6 is 23.5 Å². The third-order valence-corrected chi connectivity index (χ3v) is 2.75. The number of hydrogen-bond acceptors (Lipinski definition) is 3. The highest BCUT2D eigenvalue weighted by atomic mass is 32.2. The fourth-order valence-corrected chi connectivity index (χ4v) is 2.26. The summed E-state index contributed by atoms with van der Waals surface area (Å²) < 4.78 is 0. The van der Waals surface area contributed by atoms with Gasteiger partial charge in [0.25, 0.3) is 0 Å². The van der Waals surface area contributed by atoms with E-state index in [-0.39, 0.29) is 0 Å². The highest BCUT2D eigenvalue weighted by molar-refractivity contribution is 7.99. The molecule has 0 aromatic carbocycles. The quantitative estimate of drug-likeness (QED) is 0.665. The first-order valence-electron chi connectivity index (χ1n) is 3.03. The van der Waals surface area contributed by atoms with Crippen LogP contribution in [0.5, 0.6) is 0 Å². The molecular weight excluding hydrogens is 150 g/mol. The van der Waals surface area contributed by atoms with Crippen molar-refractivity contribution in [1.82, 2.24) is 0 Å². The van der Waals surface area contributed by atoms with Crippen molar-refractivity contribution in [2.75, 3.05) is 30.6 Å². The van der Waals surface area contributed by atoms with Gasteiger partial charge in [-0.3, -0.25) is 0 Å². The molecule has 3 heteroatoms. The zero-order valence-corrected chi connectivity index (χ0v) is 7.73. The summed E-state index contributed by atoms with van der Waals surface area (Å²) in [5, 5.41) is 0. The third kappa shape index (κ3) is 5.12. The van der Waals surface area contributed by atoms with Gasteiger partial charge in [0.2, 0.25) is 0 Å². The lowest BCUT2D eigenvalue weighted by molar-refractivity contribution is 0.688. The predicted octanol–water partition coefficient (Wildman–Crippen LogP) is 1.29. The zero-order chi connectivity index (χ0) is 7.11. The Morgan fingerprint density at radius 3 is 1.89 bits per heavy atom. The maximum absolute atomic E-state index is 5.52. The standard InChI is InChI=1S/C6H15NS2/c1-8-4-6(3-7)5-9-2/h6H,3-5,7H2,1-2H3. The van der Waals surface area contributed by atoms with Gasteiger partial charge in [-0.05, 0) is 36.5 Å². The summed E-state index contributed by atoms with van der Waals surface area (Å²) in [5.74, 6) is 3.13. The summed E-state index contributed by atoms with van der Waals surface area (Å²) in [7, 11) is 0. The number of rotatable bonds is 5. The van der Waals surface area contributed by atoms with Gasteiger partial charge in [-0.15, -0.1) is 0 Å². The molecule has 0 aliphatic carbocycles. The molecule has 0 aliphatic rings. The first-order chi connectivity index (χ1) is 4.35. The molecule has 0 aromatic rings. The van der Waals surface area contributed by atoms with E-state index in [0.29, 0.717) is 0 Å². The van der Waals surface area contributed by atoms with E-state index in [0.717, 1.165) is 12.5 Å². The molecule has 0 atom stereocenters. The van der Waals surface area contributed by atoms with Crippen molar-refractivity contribution in [3.8, 4) is 0 Å². The van der Waals surface area contributed by atoms with E-state index in [9.17, 15) is 0 Å². The molecule has 0 aromatic heterocycles. The molecule has 9 heavy (non-hydrogen) atoms. The Balaban J connectivity index is 3.18. The van der Waals surface area contributed by atoms with E-state index in [1.807, 2.05) is 23.5 Å². The average molecular weight is 165 g/mol. The van der Waals surface area contributed by atoms with Crippen LogP contribution < -0.4 is 5.73 Å². The molecule has 0 bridgehead atoms. The van der Waals surface area contributed by atoms with Gasteiger partial charge in [0, 0.05) is 0 Å². The molecule has 0 rings (SSSR count). The van der Waals surface area contributed by atoms with Crippen LogP contribution in [0.2, 0.25) is 0 Å². The zero-order valence-electron chi connectivity index (χ0n) is 6.09.